The van der Waals surface area contributed by atoms with E-state index in [0.717, 1.165) is 29.4 Å². The number of thioether (sulfide) groups is 1. The van der Waals surface area contributed by atoms with Gasteiger partial charge in [0.15, 0.2) is 21.4 Å². The van der Waals surface area contributed by atoms with E-state index in [0.29, 0.717) is 34.4 Å². The van der Waals surface area contributed by atoms with Gasteiger partial charge in [0.25, 0.3) is 0 Å². The Balaban J connectivity index is 1.59. The molecule has 0 amide bonds. The van der Waals surface area contributed by atoms with E-state index < -0.39 is 0 Å². The van der Waals surface area contributed by atoms with Crippen LogP contribution in [0.15, 0.2) is 61.2 Å². The van der Waals surface area contributed by atoms with Gasteiger partial charge in [0.05, 0.1) is 12.3 Å². The Labute approximate surface area is 174 Å². The predicted molar refractivity (Wildman–Crippen MR) is 109 cm³/mol. The molecule has 0 spiro atoms. The molecule has 28 heavy (non-hydrogen) atoms. The Morgan fingerprint density at radius 1 is 1.11 bits per heavy atom. The second-order valence-corrected chi connectivity index (χ2v) is 7.85. The average molecular weight is 460 g/mol. The van der Waals surface area contributed by atoms with Crippen LogP contribution in [-0.4, -0.2) is 24.9 Å². The van der Waals surface area contributed by atoms with E-state index in [1.54, 1.807) is 0 Å². The Morgan fingerprint density at radius 3 is 2.71 bits per heavy atom. The maximum absolute atomic E-state index is 5.70. The molecule has 0 N–H and O–H groups in total. The largest absolute Gasteiger partial charge is 0.446 e. The number of aromatic nitrogens is 5. The Hall–Kier alpha value is -2.39. The number of furan rings is 1. The van der Waals surface area contributed by atoms with E-state index in [-0.39, 0.29) is 0 Å². The topological polar surface area (TPSA) is 82.8 Å². The summed E-state index contributed by atoms with van der Waals surface area (Å²) >= 11 is 4.86. The molecule has 0 aliphatic rings. The molecule has 7 nitrogen and oxygen atoms in total. The van der Waals surface area contributed by atoms with Crippen molar-refractivity contribution in [2.75, 3.05) is 0 Å². The van der Waals surface area contributed by atoms with Gasteiger partial charge >= 0.3 is 0 Å². The Bertz CT molecular complexity index is 1040. The molecule has 0 saturated heterocycles. The van der Waals surface area contributed by atoms with Gasteiger partial charge in [-0.2, -0.15) is 4.98 Å². The highest BCUT2D eigenvalue weighted by molar-refractivity contribution is 9.10. The molecule has 4 rings (SSSR count). The van der Waals surface area contributed by atoms with Gasteiger partial charge in [0.2, 0.25) is 11.7 Å². The van der Waals surface area contributed by atoms with E-state index in [2.05, 4.69) is 55.3 Å². The molecule has 0 atom stereocenters. The van der Waals surface area contributed by atoms with Crippen molar-refractivity contribution in [3.63, 3.8) is 0 Å². The van der Waals surface area contributed by atoms with E-state index in [4.69, 9.17) is 8.94 Å². The molecule has 0 fully saturated rings. The molecule has 9 heteroatoms. The van der Waals surface area contributed by atoms with Crippen LogP contribution in [-0.2, 0) is 18.7 Å². The quantitative estimate of drug-likeness (QED) is 0.343. The van der Waals surface area contributed by atoms with Crippen LogP contribution >= 0.6 is 27.7 Å². The van der Waals surface area contributed by atoms with Crippen molar-refractivity contribution in [1.29, 1.82) is 0 Å². The molecular weight excluding hydrogens is 442 g/mol. The van der Waals surface area contributed by atoms with Crippen LogP contribution in [0.1, 0.15) is 30.6 Å². The molecule has 0 aliphatic carbocycles. The minimum Gasteiger partial charge on any atom is -0.446 e. The van der Waals surface area contributed by atoms with Gasteiger partial charge in [-0.05, 0) is 40.0 Å². The molecule has 0 aliphatic heterocycles. The molecule has 0 radical (unpaired) electrons. The van der Waals surface area contributed by atoms with Gasteiger partial charge < -0.3 is 8.94 Å². The third-order valence-electron chi connectivity index (χ3n) is 4.00. The average Bonchev–Trinajstić information content (AvgIpc) is 3.42. The number of halogens is 1. The summed E-state index contributed by atoms with van der Waals surface area (Å²) in [6.45, 7) is 2.72. The monoisotopic (exact) mass is 459 g/mol. The van der Waals surface area contributed by atoms with Crippen molar-refractivity contribution in [3.8, 4) is 11.6 Å². The molecule has 4 aromatic rings. The summed E-state index contributed by atoms with van der Waals surface area (Å²) < 4.78 is 13.7. The fourth-order valence-corrected chi connectivity index (χ4v) is 3.80. The first-order valence-electron chi connectivity index (χ1n) is 8.90. The standard InChI is InChI=1S/C19H18BrN5O2S/c1-2-6-16-21-17(27-24-16)12-28-19-23-22-18(14-9-10-15(20)26-14)25(19)11-13-7-4-3-5-8-13/h3-5,7-10H,2,6,11-12H2,1H3. The summed E-state index contributed by atoms with van der Waals surface area (Å²) in [5.41, 5.74) is 1.15. The van der Waals surface area contributed by atoms with Crippen molar-refractivity contribution >= 4 is 27.7 Å². The van der Waals surface area contributed by atoms with Crippen LogP contribution in [0.2, 0.25) is 0 Å². The van der Waals surface area contributed by atoms with Gasteiger partial charge in [-0.3, -0.25) is 4.57 Å². The normalized spacial score (nSPS) is 11.2. The van der Waals surface area contributed by atoms with Crippen LogP contribution in [0, 0.1) is 0 Å². The Morgan fingerprint density at radius 2 is 1.96 bits per heavy atom. The zero-order valence-corrected chi connectivity index (χ0v) is 17.6. The maximum Gasteiger partial charge on any atom is 0.237 e. The second-order valence-electron chi connectivity index (χ2n) is 6.12. The maximum atomic E-state index is 5.70. The predicted octanol–water partition coefficient (Wildman–Crippen LogP) is 4.98. The summed E-state index contributed by atoms with van der Waals surface area (Å²) in [4.78, 5) is 4.42. The molecule has 0 unspecified atom stereocenters. The lowest BCUT2D eigenvalue weighted by Gasteiger charge is -2.08. The molecule has 0 saturated carbocycles. The fourth-order valence-electron chi connectivity index (χ4n) is 2.72. The third kappa shape index (κ3) is 4.36. The van der Waals surface area contributed by atoms with Crippen molar-refractivity contribution in [3.05, 3.63) is 64.4 Å². The number of nitrogens with zero attached hydrogens (tertiary/aromatic N) is 5. The number of benzene rings is 1. The highest BCUT2D eigenvalue weighted by Gasteiger charge is 2.18. The Kier molecular flexibility index (Phi) is 5.92. The second kappa shape index (κ2) is 8.74. The highest BCUT2D eigenvalue weighted by Crippen LogP contribution is 2.29. The van der Waals surface area contributed by atoms with Crippen LogP contribution in [0.4, 0.5) is 0 Å². The molecular formula is C19H18BrN5O2S. The number of rotatable bonds is 8. The van der Waals surface area contributed by atoms with E-state index >= 15 is 0 Å². The summed E-state index contributed by atoms with van der Waals surface area (Å²) in [6, 6.07) is 13.9. The van der Waals surface area contributed by atoms with Gasteiger partial charge in [-0.1, -0.05) is 54.2 Å². The van der Waals surface area contributed by atoms with Gasteiger partial charge in [0, 0.05) is 6.42 Å². The first kappa shape index (κ1) is 18.9. The zero-order valence-electron chi connectivity index (χ0n) is 15.2. The molecule has 3 aromatic heterocycles. The van der Waals surface area contributed by atoms with Gasteiger partial charge in [0.1, 0.15) is 0 Å². The summed E-state index contributed by atoms with van der Waals surface area (Å²) in [5.74, 6) is 3.19. The number of aryl methyl sites for hydroxylation is 1. The van der Waals surface area contributed by atoms with Crippen molar-refractivity contribution in [2.24, 2.45) is 0 Å². The summed E-state index contributed by atoms with van der Waals surface area (Å²) in [5, 5.41) is 13.5. The van der Waals surface area contributed by atoms with Crippen LogP contribution in [0.3, 0.4) is 0 Å². The molecule has 144 valence electrons. The van der Waals surface area contributed by atoms with Crippen LogP contribution in [0.5, 0.6) is 0 Å². The summed E-state index contributed by atoms with van der Waals surface area (Å²) in [6.07, 6.45) is 1.80. The molecule has 0 bridgehead atoms. The van der Waals surface area contributed by atoms with E-state index in [1.165, 1.54) is 11.8 Å². The highest BCUT2D eigenvalue weighted by atomic mass is 79.9. The van der Waals surface area contributed by atoms with E-state index in [9.17, 15) is 0 Å². The minimum atomic E-state index is 0.533. The summed E-state index contributed by atoms with van der Waals surface area (Å²) in [7, 11) is 0. The van der Waals surface area contributed by atoms with Crippen LogP contribution in [0.25, 0.3) is 11.6 Å². The minimum absolute atomic E-state index is 0.533. The lowest BCUT2D eigenvalue weighted by atomic mass is 10.2. The number of hydrogen-bond acceptors (Lipinski definition) is 7. The van der Waals surface area contributed by atoms with Gasteiger partial charge in [-0.25, -0.2) is 0 Å². The van der Waals surface area contributed by atoms with Crippen LogP contribution < -0.4 is 0 Å². The van der Waals surface area contributed by atoms with E-state index in [1.807, 2.05) is 34.9 Å². The third-order valence-corrected chi connectivity index (χ3v) is 5.38. The van der Waals surface area contributed by atoms with Crippen molar-refractivity contribution in [1.82, 2.24) is 24.9 Å². The molecule has 3 heterocycles. The lowest BCUT2D eigenvalue weighted by molar-refractivity contribution is 0.384. The SMILES string of the molecule is CCCc1noc(CSc2nnc(-c3ccc(Br)o3)n2Cc2ccccc2)n1. The molecule has 1 aromatic carbocycles. The fraction of sp³-hybridized carbons (Fsp3) is 0.263. The van der Waals surface area contributed by atoms with Crippen molar-refractivity contribution in [2.45, 2.75) is 37.2 Å². The zero-order chi connectivity index (χ0) is 19.3. The first-order chi connectivity index (χ1) is 13.7. The first-order valence-corrected chi connectivity index (χ1v) is 10.7. The smallest absolute Gasteiger partial charge is 0.237 e. The lowest BCUT2D eigenvalue weighted by Crippen LogP contribution is -2.04. The van der Waals surface area contributed by atoms with Crippen molar-refractivity contribution < 1.29 is 8.94 Å². The number of hydrogen-bond donors (Lipinski definition) is 0. The van der Waals surface area contributed by atoms with Gasteiger partial charge in [-0.15, -0.1) is 10.2 Å².